The molecule has 0 bridgehead atoms. The van der Waals surface area contributed by atoms with Gasteiger partial charge in [-0.15, -0.1) is 0 Å². The van der Waals surface area contributed by atoms with E-state index >= 15 is 0 Å². The molecular formula is C14H18F2N2O3. The maximum absolute atomic E-state index is 12.3. The van der Waals surface area contributed by atoms with Gasteiger partial charge in [0.1, 0.15) is 5.75 Å². The summed E-state index contributed by atoms with van der Waals surface area (Å²) in [6.45, 7) is -1.74. The van der Waals surface area contributed by atoms with Gasteiger partial charge in [0.2, 0.25) is 0 Å². The number of alkyl halides is 2. The van der Waals surface area contributed by atoms with Crippen molar-refractivity contribution in [2.24, 2.45) is 5.92 Å². The number of piperidine rings is 1. The lowest BCUT2D eigenvalue weighted by Crippen LogP contribution is -2.41. The van der Waals surface area contributed by atoms with Crippen LogP contribution in [0, 0.1) is 5.92 Å². The molecule has 1 aromatic rings. The van der Waals surface area contributed by atoms with Crippen molar-refractivity contribution in [2.45, 2.75) is 19.5 Å². The molecule has 1 aliphatic heterocycles. The molecule has 1 saturated heterocycles. The highest BCUT2D eigenvalue weighted by molar-refractivity contribution is 5.91. The minimum absolute atomic E-state index is 0.0638. The van der Waals surface area contributed by atoms with Gasteiger partial charge in [-0.3, -0.25) is 0 Å². The van der Waals surface area contributed by atoms with E-state index in [4.69, 9.17) is 5.11 Å². The quantitative estimate of drug-likeness (QED) is 0.898. The number of rotatable bonds is 4. The highest BCUT2D eigenvalue weighted by Gasteiger charge is 2.23. The average molecular weight is 300 g/mol. The molecule has 0 aliphatic carbocycles. The monoisotopic (exact) mass is 300 g/mol. The van der Waals surface area contributed by atoms with Crippen LogP contribution in [0.2, 0.25) is 0 Å². The van der Waals surface area contributed by atoms with Crippen molar-refractivity contribution in [2.75, 3.05) is 25.0 Å². The van der Waals surface area contributed by atoms with Crippen LogP contribution < -0.4 is 10.1 Å². The minimum Gasteiger partial charge on any atom is -0.433 e. The van der Waals surface area contributed by atoms with Crippen molar-refractivity contribution in [1.29, 1.82) is 0 Å². The Labute approximate surface area is 121 Å². The zero-order valence-electron chi connectivity index (χ0n) is 11.5. The van der Waals surface area contributed by atoms with E-state index in [-0.39, 0.29) is 30.0 Å². The van der Waals surface area contributed by atoms with Gasteiger partial charge in [0.25, 0.3) is 0 Å². The zero-order chi connectivity index (χ0) is 15.2. The molecule has 0 atom stereocenters. The summed E-state index contributed by atoms with van der Waals surface area (Å²) in [5, 5.41) is 11.6. The second-order valence-electron chi connectivity index (χ2n) is 4.92. The first kappa shape index (κ1) is 15.5. The lowest BCUT2D eigenvalue weighted by atomic mass is 9.98. The van der Waals surface area contributed by atoms with Crippen LogP contribution in [0.4, 0.5) is 19.3 Å². The van der Waals surface area contributed by atoms with E-state index in [1.54, 1.807) is 17.0 Å². The van der Waals surface area contributed by atoms with Crippen LogP contribution in [0.3, 0.4) is 0 Å². The number of ether oxygens (including phenoxy) is 1. The van der Waals surface area contributed by atoms with Crippen molar-refractivity contribution in [1.82, 2.24) is 4.90 Å². The minimum atomic E-state index is -2.94. The summed E-state index contributed by atoms with van der Waals surface area (Å²) in [5.41, 5.74) is 0.215. The molecule has 0 radical (unpaired) electrons. The van der Waals surface area contributed by atoms with Gasteiger partial charge in [-0.25, -0.2) is 4.79 Å². The number of aliphatic hydroxyl groups excluding tert-OH is 1. The fraction of sp³-hybridized carbons (Fsp3) is 0.500. The van der Waals surface area contributed by atoms with E-state index in [9.17, 15) is 13.6 Å². The molecule has 1 heterocycles. The molecule has 1 aliphatic rings. The van der Waals surface area contributed by atoms with Crippen LogP contribution >= 0.6 is 0 Å². The third kappa shape index (κ3) is 4.29. The molecule has 2 N–H and O–H groups in total. The molecule has 2 rings (SSSR count). The zero-order valence-corrected chi connectivity index (χ0v) is 11.5. The van der Waals surface area contributed by atoms with Gasteiger partial charge in [-0.2, -0.15) is 8.78 Å². The van der Waals surface area contributed by atoms with Gasteiger partial charge >= 0.3 is 12.6 Å². The van der Waals surface area contributed by atoms with E-state index in [1.807, 2.05) is 0 Å². The lowest BCUT2D eigenvalue weighted by molar-refractivity contribution is -0.0493. The Kier molecular flexibility index (Phi) is 5.32. The Morgan fingerprint density at radius 1 is 1.38 bits per heavy atom. The fourth-order valence-electron chi connectivity index (χ4n) is 2.28. The standard InChI is InChI=1S/C14H18F2N2O3/c15-13(16)21-12-4-2-1-3-11(12)17-14(20)18-7-5-10(9-19)6-8-18/h1-4,10,13,19H,5-9H2,(H,17,20). The molecule has 0 unspecified atom stereocenters. The van der Waals surface area contributed by atoms with Gasteiger partial charge in [0.15, 0.2) is 0 Å². The van der Waals surface area contributed by atoms with Crippen molar-refractivity contribution in [3.8, 4) is 5.75 Å². The van der Waals surface area contributed by atoms with Crippen molar-refractivity contribution >= 4 is 11.7 Å². The smallest absolute Gasteiger partial charge is 0.387 e. The highest BCUT2D eigenvalue weighted by Crippen LogP contribution is 2.26. The highest BCUT2D eigenvalue weighted by atomic mass is 19.3. The van der Waals surface area contributed by atoms with Crippen molar-refractivity contribution < 1.29 is 23.4 Å². The Morgan fingerprint density at radius 3 is 2.67 bits per heavy atom. The molecule has 7 heteroatoms. The number of nitrogens with zero attached hydrogens (tertiary/aromatic N) is 1. The summed E-state index contributed by atoms with van der Waals surface area (Å²) in [4.78, 5) is 13.7. The van der Waals surface area contributed by atoms with Gasteiger partial charge < -0.3 is 20.1 Å². The number of likely N-dealkylation sites (tertiary alicyclic amines) is 1. The maximum atomic E-state index is 12.3. The normalized spacial score (nSPS) is 16.1. The van der Waals surface area contributed by atoms with Gasteiger partial charge in [0.05, 0.1) is 5.69 Å². The van der Waals surface area contributed by atoms with Crippen LogP contribution in [0.15, 0.2) is 24.3 Å². The van der Waals surface area contributed by atoms with Crippen LogP contribution in [0.5, 0.6) is 5.75 Å². The number of benzene rings is 1. The first-order valence-electron chi connectivity index (χ1n) is 6.80. The first-order chi connectivity index (χ1) is 10.1. The van der Waals surface area contributed by atoms with E-state index in [2.05, 4.69) is 10.1 Å². The number of anilines is 1. The van der Waals surface area contributed by atoms with E-state index in [1.165, 1.54) is 12.1 Å². The lowest BCUT2D eigenvalue weighted by Gasteiger charge is -2.31. The summed E-state index contributed by atoms with van der Waals surface area (Å²) >= 11 is 0. The second kappa shape index (κ2) is 7.21. The van der Waals surface area contributed by atoms with Crippen LogP contribution in [-0.2, 0) is 0 Å². The number of urea groups is 1. The molecule has 0 saturated carbocycles. The summed E-state index contributed by atoms with van der Waals surface area (Å²) in [6.07, 6.45) is 1.47. The predicted molar refractivity (Wildman–Crippen MR) is 73.5 cm³/mol. The van der Waals surface area contributed by atoms with Gasteiger partial charge in [-0.05, 0) is 30.9 Å². The predicted octanol–water partition coefficient (Wildman–Crippen LogP) is 2.52. The molecule has 2 amide bonds. The molecule has 21 heavy (non-hydrogen) atoms. The Bertz CT molecular complexity index is 477. The molecule has 5 nitrogen and oxygen atoms in total. The number of nitrogens with one attached hydrogen (secondary N) is 1. The molecule has 0 aromatic heterocycles. The number of carbonyl (C=O) groups is 1. The number of carbonyl (C=O) groups excluding carboxylic acids is 1. The summed E-state index contributed by atoms with van der Waals surface area (Å²) in [5.74, 6) is 0.162. The number of hydrogen-bond donors (Lipinski definition) is 2. The number of amides is 2. The maximum Gasteiger partial charge on any atom is 0.387 e. The molecular weight excluding hydrogens is 282 g/mol. The Hall–Kier alpha value is -1.89. The van der Waals surface area contributed by atoms with Crippen LogP contribution in [-0.4, -0.2) is 42.3 Å². The van der Waals surface area contributed by atoms with E-state index < -0.39 is 6.61 Å². The SMILES string of the molecule is O=C(Nc1ccccc1OC(F)F)N1CCC(CO)CC1. The summed E-state index contributed by atoms with van der Waals surface area (Å²) < 4.78 is 29.0. The number of halogens is 2. The van der Waals surface area contributed by atoms with E-state index in [0.29, 0.717) is 13.1 Å². The molecule has 1 fully saturated rings. The van der Waals surface area contributed by atoms with Gasteiger partial charge in [-0.1, -0.05) is 12.1 Å². The number of para-hydroxylation sites is 2. The largest absolute Gasteiger partial charge is 0.433 e. The average Bonchev–Trinajstić information content (AvgIpc) is 2.49. The van der Waals surface area contributed by atoms with Gasteiger partial charge in [0, 0.05) is 19.7 Å². The van der Waals surface area contributed by atoms with E-state index in [0.717, 1.165) is 12.8 Å². The molecule has 116 valence electrons. The van der Waals surface area contributed by atoms with Crippen LogP contribution in [0.25, 0.3) is 0 Å². The third-order valence-corrected chi connectivity index (χ3v) is 3.50. The Morgan fingerprint density at radius 2 is 2.05 bits per heavy atom. The number of hydrogen-bond acceptors (Lipinski definition) is 3. The molecule has 0 spiro atoms. The summed E-state index contributed by atoms with van der Waals surface area (Å²) in [7, 11) is 0. The summed E-state index contributed by atoms with van der Waals surface area (Å²) in [6, 6.07) is 5.72. The van der Waals surface area contributed by atoms with Crippen LogP contribution in [0.1, 0.15) is 12.8 Å². The first-order valence-corrected chi connectivity index (χ1v) is 6.80. The second-order valence-corrected chi connectivity index (χ2v) is 4.92. The third-order valence-electron chi connectivity index (χ3n) is 3.50. The molecule has 1 aromatic carbocycles. The topological polar surface area (TPSA) is 61.8 Å². The van der Waals surface area contributed by atoms with Crippen molar-refractivity contribution in [3.05, 3.63) is 24.3 Å². The van der Waals surface area contributed by atoms with Crippen molar-refractivity contribution in [3.63, 3.8) is 0 Å². The number of aliphatic hydroxyl groups is 1. The fourth-order valence-corrected chi connectivity index (χ4v) is 2.28. The Balaban J connectivity index is 1.97.